The number of nitrogens with zero attached hydrogens (tertiary/aromatic N) is 1. The summed E-state index contributed by atoms with van der Waals surface area (Å²) in [6, 6.07) is 7.78. The van der Waals surface area contributed by atoms with E-state index in [2.05, 4.69) is 0 Å². The number of sulfone groups is 1. The predicted molar refractivity (Wildman–Crippen MR) is 89.7 cm³/mol. The summed E-state index contributed by atoms with van der Waals surface area (Å²) in [5, 5.41) is 0.843. The zero-order valence-electron chi connectivity index (χ0n) is 12.6. The van der Waals surface area contributed by atoms with Gasteiger partial charge < -0.3 is 0 Å². The molecule has 0 N–H and O–H groups in total. The van der Waals surface area contributed by atoms with Crippen LogP contribution in [0.1, 0.15) is 12.8 Å². The Morgan fingerprint density at radius 1 is 1.08 bits per heavy atom. The predicted octanol–water partition coefficient (Wildman–Crippen LogP) is 2.51. The number of piperidine rings is 1. The van der Waals surface area contributed by atoms with Crippen molar-refractivity contribution in [2.75, 3.05) is 13.1 Å². The molecule has 0 spiro atoms. The van der Waals surface area contributed by atoms with Gasteiger partial charge in [-0.2, -0.15) is 4.31 Å². The van der Waals surface area contributed by atoms with Crippen LogP contribution in [0.3, 0.4) is 0 Å². The summed E-state index contributed by atoms with van der Waals surface area (Å²) in [4.78, 5) is 0.0178. The smallest absolute Gasteiger partial charge is 0.223 e. The van der Waals surface area contributed by atoms with E-state index < -0.39 is 30.9 Å². The topological polar surface area (TPSA) is 71.5 Å². The quantitative estimate of drug-likeness (QED) is 0.754. The van der Waals surface area contributed by atoms with Gasteiger partial charge in [-0.15, -0.1) is 11.3 Å². The molecule has 2 aromatic rings. The molecule has 0 aliphatic carbocycles. The van der Waals surface area contributed by atoms with Gasteiger partial charge in [0, 0.05) is 13.1 Å². The molecular weight excluding hydrogens is 373 g/mol. The van der Waals surface area contributed by atoms with Crippen molar-refractivity contribution in [3.05, 3.63) is 47.6 Å². The van der Waals surface area contributed by atoms with E-state index >= 15 is 0 Å². The summed E-state index contributed by atoms with van der Waals surface area (Å²) in [5.41, 5.74) is 0. The third kappa shape index (κ3) is 3.26. The fourth-order valence-corrected chi connectivity index (χ4v) is 7.25. The summed E-state index contributed by atoms with van der Waals surface area (Å²) in [6.45, 7) is 0.218. The van der Waals surface area contributed by atoms with Crippen molar-refractivity contribution in [1.29, 1.82) is 0 Å². The second-order valence-corrected chi connectivity index (χ2v) is 10.9. The van der Waals surface area contributed by atoms with Gasteiger partial charge in [-0.25, -0.2) is 21.2 Å². The molecule has 1 aliphatic heterocycles. The van der Waals surface area contributed by atoms with Crippen LogP contribution < -0.4 is 0 Å². The van der Waals surface area contributed by atoms with Crippen LogP contribution in [0.15, 0.2) is 50.9 Å². The Morgan fingerprint density at radius 2 is 1.79 bits per heavy atom. The van der Waals surface area contributed by atoms with Gasteiger partial charge in [0.15, 0.2) is 9.84 Å². The van der Waals surface area contributed by atoms with Crippen LogP contribution in [0.2, 0.25) is 0 Å². The van der Waals surface area contributed by atoms with Gasteiger partial charge in [0.05, 0.1) is 10.1 Å². The standard InChI is InChI=1S/C15H16FNO4S3/c16-12-5-7-13(8-6-12)23(18,19)14-3-1-9-17(11-14)24(20,21)15-4-2-10-22-15/h2,4-8,10,14H,1,3,9,11H2/t14-/m0/s1. The van der Waals surface area contributed by atoms with Gasteiger partial charge in [0.2, 0.25) is 0 Å². The summed E-state index contributed by atoms with van der Waals surface area (Å²) in [5.74, 6) is -0.514. The first kappa shape index (κ1) is 17.5. The summed E-state index contributed by atoms with van der Waals surface area (Å²) >= 11 is 1.11. The maximum Gasteiger partial charge on any atom is 0.252 e. The van der Waals surface area contributed by atoms with Crippen molar-refractivity contribution >= 4 is 31.2 Å². The molecule has 130 valence electrons. The first-order valence-electron chi connectivity index (χ1n) is 7.35. The van der Waals surface area contributed by atoms with Crippen LogP contribution in [-0.2, 0) is 19.9 Å². The Hall–Kier alpha value is -1.29. The fraction of sp³-hybridized carbons (Fsp3) is 0.333. The second-order valence-electron chi connectivity index (χ2n) is 5.56. The molecule has 0 saturated carbocycles. The number of hydrogen-bond acceptors (Lipinski definition) is 5. The maximum absolute atomic E-state index is 13.0. The molecule has 9 heteroatoms. The van der Waals surface area contributed by atoms with E-state index in [0.29, 0.717) is 19.4 Å². The van der Waals surface area contributed by atoms with Crippen LogP contribution in [0.4, 0.5) is 4.39 Å². The van der Waals surface area contributed by atoms with Gasteiger partial charge in [0.25, 0.3) is 10.0 Å². The lowest BCUT2D eigenvalue weighted by Gasteiger charge is -2.31. The Labute approximate surface area is 144 Å². The van der Waals surface area contributed by atoms with Crippen LogP contribution in [0.25, 0.3) is 0 Å². The van der Waals surface area contributed by atoms with E-state index in [1.54, 1.807) is 11.4 Å². The molecule has 0 unspecified atom stereocenters. The third-order valence-corrected chi connectivity index (χ3v) is 9.44. The fourth-order valence-electron chi connectivity index (χ4n) is 2.73. The molecule has 1 saturated heterocycles. The van der Waals surface area contributed by atoms with Gasteiger partial charge in [0.1, 0.15) is 10.0 Å². The van der Waals surface area contributed by atoms with Crippen LogP contribution in [-0.4, -0.2) is 39.5 Å². The van der Waals surface area contributed by atoms with Crippen LogP contribution in [0, 0.1) is 5.82 Å². The Morgan fingerprint density at radius 3 is 2.42 bits per heavy atom. The minimum Gasteiger partial charge on any atom is -0.223 e. The molecule has 1 aromatic heterocycles. The highest BCUT2D eigenvalue weighted by Gasteiger charge is 2.37. The van der Waals surface area contributed by atoms with Gasteiger partial charge >= 0.3 is 0 Å². The Bertz CT molecular complexity index is 906. The zero-order valence-corrected chi connectivity index (χ0v) is 15.1. The lowest BCUT2D eigenvalue weighted by molar-refractivity contribution is 0.346. The van der Waals surface area contributed by atoms with Crippen molar-refractivity contribution in [2.45, 2.75) is 27.2 Å². The number of sulfonamides is 1. The van der Waals surface area contributed by atoms with Gasteiger partial charge in [-0.1, -0.05) is 6.07 Å². The SMILES string of the molecule is O=S(=O)(c1ccc(F)cc1)[C@H]1CCCN(S(=O)(=O)c2cccs2)C1. The number of halogens is 1. The minimum absolute atomic E-state index is 0.0178. The van der Waals surface area contributed by atoms with E-state index in [4.69, 9.17) is 0 Å². The summed E-state index contributed by atoms with van der Waals surface area (Å²) < 4.78 is 65.1. The van der Waals surface area contributed by atoms with Crippen molar-refractivity contribution in [1.82, 2.24) is 4.31 Å². The van der Waals surface area contributed by atoms with Crippen molar-refractivity contribution in [3.63, 3.8) is 0 Å². The first-order valence-corrected chi connectivity index (χ1v) is 11.2. The van der Waals surface area contributed by atoms with E-state index in [-0.39, 0.29) is 15.6 Å². The van der Waals surface area contributed by atoms with E-state index in [9.17, 15) is 21.2 Å². The normalized spacial score (nSPS) is 20.1. The van der Waals surface area contributed by atoms with E-state index in [0.717, 1.165) is 23.5 Å². The number of hydrogen-bond donors (Lipinski definition) is 0. The molecule has 1 fully saturated rings. The maximum atomic E-state index is 13.0. The minimum atomic E-state index is -3.71. The molecule has 1 atom stereocenters. The molecule has 0 radical (unpaired) electrons. The van der Waals surface area contributed by atoms with E-state index in [1.165, 1.54) is 22.5 Å². The first-order chi connectivity index (χ1) is 11.3. The molecule has 3 rings (SSSR count). The molecular formula is C15H16FNO4S3. The highest BCUT2D eigenvalue weighted by Crippen LogP contribution is 2.29. The number of rotatable bonds is 4. The highest BCUT2D eigenvalue weighted by atomic mass is 32.2. The average Bonchev–Trinajstić information content (AvgIpc) is 3.11. The van der Waals surface area contributed by atoms with Crippen LogP contribution >= 0.6 is 11.3 Å². The third-order valence-electron chi connectivity index (χ3n) is 4.01. The lowest BCUT2D eigenvalue weighted by Crippen LogP contribution is -2.44. The van der Waals surface area contributed by atoms with Crippen LogP contribution in [0.5, 0.6) is 0 Å². The Balaban J connectivity index is 1.87. The largest absolute Gasteiger partial charge is 0.252 e. The molecule has 1 aliphatic rings. The van der Waals surface area contributed by atoms with Crippen molar-refractivity contribution < 1.29 is 21.2 Å². The second kappa shape index (κ2) is 6.55. The molecule has 0 amide bonds. The van der Waals surface area contributed by atoms with Gasteiger partial charge in [-0.05, 0) is 48.6 Å². The number of benzene rings is 1. The molecule has 24 heavy (non-hydrogen) atoms. The monoisotopic (exact) mass is 389 g/mol. The summed E-state index contributed by atoms with van der Waals surface area (Å²) in [6.07, 6.45) is 0.853. The highest BCUT2D eigenvalue weighted by molar-refractivity contribution is 7.92. The lowest BCUT2D eigenvalue weighted by atomic mass is 10.2. The molecule has 5 nitrogen and oxygen atoms in total. The zero-order chi connectivity index (χ0) is 17.4. The van der Waals surface area contributed by atoms with Crippen molar-refractivity contribution in [2.24, 2.45) is 0 Å². The average molecular weight is 389 g/mol. The Kier molecular flexibility index (Phi) is 4.78. The van der Waals surface area contributed by atoms with Crippen molar-refractivity contribution in [3.8, 4) is 0 Å². The molecule has 2 heterocycles. The number of thiophene rings is 1. The molecule has 0 bridgehead atoms. The molecule has 1 aromatic carbocycles. The summed E-state index contributed by atoms with van der Waals surface area (Å²) in [7, 11) is -7.38. The van der Waals surface area contributed by atoms with E-state index in [1.807, 2.05) is 0 Å². The van der Waals surface area contributed by atoms with Gasteiger partial charge in [-0.3, -0.25) is 0 Å².